The minimum absolute atomic E-state index is 0.0375. The lowest BCUT2D eigenvalue weighted by molar-refractivity contribution is 0.0649. The lowest BCUT2D eigenvalue weighted by atomic mass is 10.0. The average molecular weight is 631 g/mol. The quantitative estimate of drug-likeness (QED) is 0.177. The first-order valence-corrected chi connectivity index (χ1v) is 16.7. The largest absolute Gasteiger partial charge is 0.367 e. The summed E-state index contributed by atoms with van der Waals surface area (Å²) in [7, 11) is 0. The lowest BCUT2D eigenvalue weighted by Crippen LogP contribution is -2.32. The Morgan fingerprint density at radius 1 is 0.479 bits per heavy atom. The Balaban J connectivity index is 1.37. The van der Waals surface area contributed by atoms with E-state index in [4.69, 9.17) is 9.47 Å². The van der Waals surface area contributed by atoms with Gasteiger partial charge in [-0.2, -0.15) is 0 Å². The third kappa shape index (κ3) is 9.79. The van der Waals surface area contributed by atoms with Crippen LogP contribution in [0.4, 0.5) is 0 Å². The van der Waals surface area contributed by atoms with Gasteiger partial charge in [0.1, 0.15) is 13.2 Å². The molecule has 48 heavy (non-hydrogen) atoms. The molecule has 2 bridgehead atoms. The number of hydrogen-bond donors (Lipinski definition) is 0. The Morgan fingerprint density at radius 2 is 0.875 bits per heavy atom. The molecule has 0 radical (unpaired) electrons. The van der Waals surface area contributed by atoms with Crippen LogP contribution in [0.3, 0.4) is 0 Å². The second-order valence-corrected chi connectivity index (χ2v) is 12.1. The Kier molecular flexibility index (Phi) is 12.3. The molecule has 1 aliphatic rings. The molecular formula is C44H42N2O2. The topological polar surface area (TPSA) is 24.9 Å². The van der Waals surface area contributed by atoms with Crippen molar-refractivity contribution in [1.29, 1.82) is 0 Å². The number of rotatable bonds is 6. The van der Waals surface area contributed by atoms with E-state index < -0.39 is 0 Å². The molecule has 0 amide bonds. The van der Waals surface area contributed by atoms with Crippen molar-refractivity contribution in [1.82, 2.24) is 9.80 Å². The van der Waals surface area contributed by atoms with Gasteiger partial charge < -0.3 is 9.47 Å². The zero-order valence-corrected chi connectivity index (χ0v) is 27.4. The maximum Gasteiger partial charge on any atom is 0.108 e. The average Bonchev–Trinajstić information content (AvgIpc) is 3.13. The van der Waals surface area contributed by atoms with Crippen LogP contribution < -0.4 is 0 Å². The van der Waals surface area contributed by atoms with Crippen molar-refractivity contribution in [3.05, 3.63) is 179 Å². The molecule has 0 saturated carbocycles. The first kappa shape index (κ1) is 33.0. The summed E-state index contributed by atoms with van der Waals surface area (Å²) in [5.74, 6) is 12.1. The van der Waals surface area contributed by atoms with E-state index in [1.807, 2.05) is 0 Å². The van der Waals surface area contributed by atoms with Crippen LogP contribution in [0.15, 0.2) is 146 Å². The summed E-state index contributed by atoms with van der Waals surface area (Å²) in [5, 5.41) is 0. The van der Waals surface area contributed by atoms with Gasteiger partial charge in [0.25, 0.3) is 0 Å². The van der Waals surface area contributed by atoms with Crippen LogP contribution in [0.1, 0.15) is 45.5 Å². The predicted molar refractivity (Wildman–Crippen MR) is 193 cm³/mol. The maximum atomic E-state index is 6.20. The van der Waals surface area contributed by atoms with Crippen molar-refractivity contribution in [3.63, 3.8) is 0 Å². The van der Waals surface area contributed by atoms with E-state index in [1.165, 1.54) is 33.4 Å². The fourth-order valence-electron chi connectivity index (χ4n) is 6.26. The molecule has 5 aromatic rings. The summed E-state index contributed by atoms with van der Waals surface area (Å²) in [6.45, 7) is 4.80. The Labute approximate surface area is 286 Å². The molecule has 0 aromatic heterocycles. The van der Waals surface area contributed by atoms with E-state index in [1.54, 1.807) is 0 Å². The van der Waals surface area contributed by atoms with E-state index in [0.717, 1.165) is 26.2 Å². The van der Waals surface area contributed by atoms with Gasteiger partial charge in [-0.3, -0.25) is 9.80 Å². The van der Waals surface area contributed by atoms with Gasteiger partial charge in [0, 0.05) is 26.2 Å². The highest BCUT2D eigenvalue weighted by Crippen LogP contribution is 2.29. The van der Waals surface area contributed by atoms with E-state index in [0.29, 0.717) is 26.4 Å². The normalized spacial score (nSPS) is 18.2. The minimum atomic E-state index is 0.0375. The van der Waals surface area contributed by atoms with Crippen molar-refractivity contribution in [3.8, 4) is 23.7 Å². The van der Waals surface area contributed by atoms with E-state index in [9.17, 15) is 0 Å². The molecule has 0 unspecified atom stereocenters. The SMILES string of the molecule is C1#CCOC[C@@H](c2ccccc2)N(Cc2ccccc2)Cc2cccc(c2)CN(Cc2ccccc2)[C@H](c2ccccc2)COCC#C1. The molecule has 0 fully saturated rings. The highest BCUT2D eigenvalue weighted by molar-refractivity contribution is 5.28. The Hall–Kier alpha value is -4.94. The maximum absolute atomic E-state index is 6.20. The van der Waals surface area contributed by atoms with Crippen LogP contribution in [0.2, 0.25) is 0 Å². The third-order valence-electron chi connectivity index (χ3n) is 8.61. The number of nitrogens with zero attached hydrogens (tertiary/aromatic N) is 2. The van der Waals surface area contributed by atoms with Crippen molar-refractivity contribution in [2.24, 2.45) is 0 Å². The zero-order valence-electron chi connectivity index (χ0n) is 27.4. The molecule has 1 aliphatic heterocycles. The highest BCUT2D eigenvalue weighted by Gasteiger charge is 2.24. The fraction of sp³-hybridized carbons (Fsp3) is 0.227. The number of hydrogen-bond acceptors (Lipinski definition) is 4. The van der Waals surface area contributed by atoms with Crippen molar-refractivity contribution in [2.45, 2.75) is 38.3 Å². The standard InChI is InChI=1S/C44H42N2O2/c1-2-16-29-48-36-44(42-26-13-6-14-27-42)46(32-38-20-9-4-10-21-38)34-40-23-17-22-39(30-40)33-45(31-37-18-7-3-8-19-37)43(35-47-28-15-1)41-24-11-5-12-25-41/h3-14,17-27,30,43-44H,28-29,31-36H2/t43-,44-/m0/s1. The van der Waals surface area contributed by atoms with Gasteiger partial charge >= 0.3 is 0 Å². The predicted octanol–water partition coefficient (Wildman–Crippen LogP) is 8.23. The van der Waals surface area contributed by atoms with Crippen LogP contribution in [0, 0.1) is 23.7 Å². The molecule has 1 heterocycles. The summed E-state index contributed by atoms with van der Waals surface area (Å²) in [5.41, 5.74) is 7.51. The van der Waals surface area contributed by atoms with Crippen LogP contribution >= 0.6 is 0 Å². The molecule has 4 heteroatoms. The third-order valence-corrected chi connectivity index (χ3v) is 8.61. The van der Waals surface area contributed by atoms with Crippen LogP contribution in [-0.2, 0) is 35.7 Å². The highest BCUT2D eigenvalue weighted by atomic mass is 16.5. The molecule has 0 saturated heterocycles. The van der Waals surface area contributed by atoms with Gasteiger partial charge in [0.15, 0.2) is 0 Å². The van der Waals surface area contributed by atoms with E-state index in [2.05, 4.69) is 179 Å². The molecule has 0 N–H and O–H groups in total. The van der Waals surface area contributed by atoms with Gasteiger partial charge in [-0.05, 0) is 45.2 Å². The van der Waals surface area contributed by atoms with Crippen LogP contribution in [-0.4, -0.2) is 36.2 Å². The molecule has 6 rings (SSSR count). The summed E-state index contributed by atoms with van der Waals surface area (Å²) in [6.07, 6.45) is 0. The Morgan fingerprint density at radius 3 is 1.29 bits per heavy atom. The minimum Gasteiger partial charge on any atom is -0.367 e. The van der Waals surface area contributed by atoms with Gasteiger partial charge in [-0.25, -0.2) is 0 Å². The monoisotopic (exact) mass is 630 g/mol. The summed E-state index contributed by atoms with van der Waals surface area (Å²) < 4.78 is 12.4. The van der Waals surface area contributed by atoms with Crippen LogP contribution in [0.5, 0.6) is 0 Å². The van der Waals surface area contributed by atoms with Gasteiger partial charge in [-0.15, -0.1) is 0 Å². The van der Waals surface area contributed by atoms with Crippen molar-refractivity contribution in [2.75, 3.05) is 26.4 Å². The molecular weight excluding hydrogens is 588 g/mol. The number of fused-ring (bicyclic) bond motifs is 2. The second kappa shape index (κ2) is 17.8. The second-order valence-electron chi connectivity index (χ2n) is 12.1. The molecule has 2 atom stereocenters. The van der Waals surface area contributed by atoms with Crippen molar-refractivity contribution < 1.29 is 9.47 Å². The molecule has 0 aliphatic carbocycles. The van der Waals surface area contributed by atoms with Gasteiger partial charge in [-0.1, -0.05) is 157 Å². The Bertz CT molecular complexity index is 1670. The number of benzene rings is 5. The van der Waals surface area contributed by atoms with Crippen LogP contribution in [0.25, 0.3) is 0 Å². The fourth-order valence-corrected chi connectivity index (χ4v) is 6.26. The summed E-state index contributed by atoms with van der Waals surface area (Å²) >= 11 is 0. The summed E-state index contributed by atoms with van der Waals surface area (Å²) in [6, 6.07) is 51.8. The van der Waals surface area contributed by atoms with Crippen molar-refractivity contribution >= 4 is 0 Å². The van der Waals surface area contributed by atoms with Gasteiger partial charge in [0.05, 0.1) is 25.3 Å². The first-order valence-electron chi connectivity index (χ1n) is 16.7. The van der Waals surface area contributed by atoms with E-state index in [-0.39, 0.29) is 12.1 Å². The molecule has 4 nitrogen and oxygen atoms in total. The van der Waals surface area contributed by atoms with Gasteiger partial charge in [0.2, 0.25) is 0 Å². The molecule has 5 aromatic carbocycles. The molecule has 240 valence electrons. The van der Waals surface area contributed by atoms with E-state index >= 15 is 0 Å². The smallest absolute Gasteiger partial charge is 0.108 e. The summed E-state index contributed by atoms with van der Waals surface area (Å²) in [4.78, 5) is 5.04. The number of ether oxygens (including phenoxy) is 2. The first-order chi connectivity index (χ1) is 23.8. The zero-order chi connectivity index (χ0) is 32.6. The molecule has 0 spiro atoms. The lowest BCUT2D eigenvalue weighted by Gasteiger charge is -2.33.